The second kappa shape index (κ2) is 8.08. The van der Waals surface area contributed by atoms with Crippen LogP contribution >= 0.6 is 0 Å². The summed E-state index contributed by atoms with van der Waals surface area (Å²) in [7, 11) is 0. The third-order valence-electron chi connectivity index (χ3n) is 5.64. The van der Waals surface area contributed by atoms with Crippen LogP contribution in [-0.2, 0) is 11.2 Å². The van der Waals surface area contributed by atoms with E-state index in [1.54, 1.807) is 24.3 Å². The molecular formula is C24H26N2O3. The molecular weight excluding hydrogens is 364 g/mol. The fourth-order valence-corrected chi connectivity index (χ4v) is 4.46. The number of hydrogen-bond acceptors (Lipinski definition) is 3. The summed E-state index contributed by atoms with van der Waals surface area (Å²) in [6.45, 7) is 6.39. The van der Waals surface area contributed by atoms with E-state index >= 15 is 0 Å². The number of aryl methyl sites for hydroxylation is 1. The molecule has 3 rings (SSSR count). The van der Waals surface area contributed by atoms with Crippen molar-refractivity contribution in [1.82, 2.24) is 0 Å². The van der Waals surface area contributed by atoms with E-state index in [0.717, 1.165) is 18.4 Å². The SMILES string of the molecule is CC(C)(C)C1c2cc(C(=O)Nc3ccc(C#N)cc3)ccc2CCC1CC(=O)O. The smallest absolute Gasteiger partial charge is 0.303 e. The maximum Gasteiger partial charge on any atom is 0.303 e. The highest BCUT2D eigenvalue weighted by molar-refractivity contribution is 6.04. The summed E-state index contributed by atoms with van der Waals surface area (Å²) in [5.41, 5.74) is 3.89. The van der Waals surface area contributed by atoms with E-state index in [1.165, 1.54) is 5.56 Å². The average molecular weight is 390 g/mol. The zero-order valence-electron chi connectivity index (χ0n) is 17.0. The fourth-order valence-electron chi connectivity index (χ4n) is 4.46. The number of carboxylic acid groups (broad SMARTS) is 1. The Labute approximate surface area is 171 Å². The van der Waals surface area contributed by atoms with Gasteiger partial charge in [-0.3, -0.25) is 9.59 Å². The van der Waals surface area contributed by atoms with Gasteiger partial charge in [0.05, 0.1) is 11.6 Å². The molecule has 2 N–H and O–H groups in total. The van der Waals surface area contributed by atoms with Gasteiger partial charge in [0.1, 0.15) is 0 Å². The normalized spacial score (nSPS) is 18.4. The predicted molar refractivity (Wildman–Crippen MR) is 112 cm³/mol. The van der Waals surface area contributed by atoms with E-state index in [0.29, 0.717) is 16.8 Å². The molecule has 2 unspecified atom stereocenters. The number of carboxylic acids is 1. The van der Waals surface area contributed by atoms with Crippen LogP contribution in [-0.4, -0.2) is 17.0 Å². The summed E-state index contributed by atoms with van der Waals surface area (Å²) in [5.74, 6) is -0.866. The maximum atomic E-state index is 12.8. The number of nitriles is 1. The van der Waals surface area contributed by atoms with Crippen molar-refractivity contribution in [3.63, 3.8) is 0 Å². The van der Waals surface area contributed by atoms with Crippen molar-refractivity contribution < 1.29 is 14.7 Å². The van der Waals surface area contributed by atoms with E-state index < -0.39 is 5.97 Å². The first-order chi connectivity index (χ1) is 13.7. The van der Waals surface area contributed by atoms with Crippen LogP contribution in [0.1, 0.15) is 66.6 Å². The van der Waals surface area contributed by atoms with E-state index in [9.17, 15) is 14.7 Å². The molecule has 0 spiro atoms. The number of benzene rings is 2. The van der Waals surface area contributed by atoms with Gasteiger partial charge in [-0.25, -0.2) is 0 Å². The fraction of sp³-hybridized carbons (Fsp3) is 0.375. The molecule has 0 aliphatic heterocycles. The van der Waals surface area contributed by atoms with Crippen LogP contribution in [0.3, 0.4) is 0 Å². The molecule has 0 heterocycles. The Balaban J connectivity index is 1.90. The summed E-state index contributed by atoms with van der Waals surface area (Å²) >= 11 is 0. The van der Waals surface area contributed by atoms with Crippen molar-refractivity contribution in [2.24, 2.45) is 11.3 Å². The van der Waals surface area contributed by atoms with Crippen LogP contribution in [0.5, 0.6) is 0 Å². The minimum Gasteiger partial charge on any atom is -0.481 e. The number of fused-ring (bicyclic) bond motifs is 1. The van der Waals surface area contributed by atoms with Gasteiger partial charge >= 0.3 is 5.97 Å². The molecule has 5 heteroatoms. The van der Waals surface area contributed by atoms with Gasteiger partial charge in [0.2, 0.25) is 0 Å². The minimum absolute atomic E-state index is 0.0526. The molecule has 0 bridgehead atoms. The molecule has 2 aromatic rings. The lowest BCUT2D eigenvalue weighted by Crippen LogP contribution is -2.32. The molecule has 0 radical (unpaired) electrons. The number of rotatable bonds is 4. The van der Waals surface area contributed by atoms with Crippen molar-refractivity contribution >= 4 is 17.6 Å². The number of carbonyl (C=O) groups is 2. The average Bonchev–Trinajstić information content (AvgIpc) is 2.66. The lowest BCUT2D eigenvalue weighted by Gasteiger charge is -2.41. The topological polar surface area (TPSA) is 90.2 Å². The summed E-state index contributed by atoms with van der Waals surface area (Å²) in [6, 6.07) is 14.5. The Hall–Kier alpha value is -3.13. The highest BCUT2D eigenvalue weighted by Gasteiger charge is 2.38. The van der Waals surface area contributed by atoms with Crippen molar-refractivity contribution in [2.75, 3.05) is 5.32 Å². The zero-order chi connectivity index (χ0) is 21.2. The Morgan fingerprint density at radius 2 is 1.86 bits per heavy atom. The standard InChI is InChI=1S/C24H26N2O3/c1-24(2,3)22-17(13-21(27)28)8-6-16-7-9-18(12-20(16)22)23(29)26-19-10-4-15(14-25)5-11-19/h4-5,7,9-12,17,22H,6,8,13H2,1-3H3,(H,26,29)(H,27,28). The molecule has 1 amide bonds. The van der Waals surface area contributed by atoms with Crippen LogP contribution in [0.25, 0.3) is 0 Å². The molecule has 5 nitrogen and oxygen atoms in total. The zero-order valence-corrected chi connectivity index (χ0v) is 17.0. The molecule has 0 fully saturated rings. The molecule has 2 atom stereocenters. The van der Waals surface area contributed by atoms with Crippen LogP contribution in [0, 0.1) is 22.7 Å². The van der Waals surface area contributed by atoms with Gasteiger partial charge in [-0.2, -0.15) is 5.26 Å². The number of anilines is 1. The molecule has 1 aliphatic rings. The lowest BCUT2D eigenvalue weighted by molar-refractivity contribution is -0.138. The van der Waals surface area contributed by atoms with Gasteiger partial charge in [-0.1, -0.05) is 26.8 Å². The summed E-state index contributed by atoms with van der Waals surface area (Å²) in [6.07, 6.45) is 1.82. The molecule has 29 heavy (non-hydrogen) atoms. The van der Waals surface area contributed by atoms with E-state index in [-0.39, 0.29) is 29.6 Å². The first-order valence-corrected chi connectivity index (χ1v) is 9.85. The lowest BCUT2D eigenvalue weighted by atomic mass is 9.63. The highest BCUT2D eigenvalue weighted by Crippen LogP contribution is 2.48. The van der Waals surface area contributed by atoms with Crippen LogP contribution in [0.15, 0.2) is 42.5 Å². The summed E-state index contributed by atoms with van der Waals surface area (Å²) < 4.78 is 0. The van der Waals surface area contributed by atoms with Crippen LogP contribution in [0.4, 0.5) is 5.69 Å². The van der Waals surface area contributed by atoms with Gasteiger partial charge in [0.15, 0.2) is 0 Å². The number of nitrogens with zero attached hydrogens (tertiary/aromatic N) is 1. The highest BCUT2D eigenvalue weighted by atomic mass is 16.4. The van der Waals surface area contributed by atoms with Crippen molar-refractivity contribution in [3.8, 4) is 6.07 Å². The van der Waals surface area contributed by atoms with E-state index in [1.807, 2.05) is 18.2 Å². The number of aliphatic carboxylic acids is 1. The van der Waals surface area contributed by atoms with Crippen molar-refractivity contribution in [1.29, 1.82) is 5.26 Å². The molecule has 150 valence electrons. The molecule has 0 saturated carbocycles. The van der Waals surface area contributed by atoms with Crippen molar-refractivity contribution in [2.45, 2.75) is 46.0 Å². The quantitative estimate of drug-likeness (QED) is 0.770. The third-order valence-corrected chi connectivity index (χ3v) is 5.64. The first-order valence-electron chi connectivity index (χ1n) is 9.85. The van der Waals surface area contributed by atoms with Gasteiger partial charge < -0.3 is 10.4 Å². The minimum atomic E-state index is -0.776. The Morgan fingerprint density at radius 3 is 2.45 bits per heavy atom. The van der Waals surface area contributed by atoms with Crippen molar-refractivity contribution in [3.05, 3.63) is 64.7 Å². The number of carbonyl (C=O) groups excluding carboxylic acids is 1. The third kappa shape index (κ3) is 4.65. The van der Waals surface area contributed by atoms with E-state index in [4.69, 9.17) is 5.26 Å². The first kappa shape index (κ1) is 20.6. The molecule has 0 saturated heterocycles. The molecule has 2 aromatic carbocycles. The summed E-state index contributed by atoms with van der Waals surface area (Å²) in [4.78, 5) is 24.2. The Morgan fingerprint density at radius 1 is 1.17 bits per heavy atom. The van der Waals surface area contributed by atoms with Gasteiger partial charge in [0, 0.05) is 17.7 Å². The molecule has 1 aliphatic carbocycles. The van der Waals surface area contributed by atoms with Gasteiger partial charge in [0.25, 0.3) is 5.91 Å². The van der Waals surface area contributed by atoms with Crippen LogP contribution < -0.4 is 5.32 Å². The van der Waals surface area contributed by atoms with Gasteiger partial charge in [-0.05, 0) is 77.6 Å². The Kier molecular flexibility index (Phi) is 5.74. The largest absolute Gasteiger partial charge is 0.481 e. The second-order valence-corrected chi connectivity index (χ2v) is 8.80. The maximum absolute atomic E-state index is 12.8. The summed E-state index contributed by atoms with van der Waals surface area (Å²) in [5, 5.41) is 21.1. The Bertz CT molecular complexity index is 965. The van der Waals surface area contributed by atoms with Gasteiger partial charge in [-0.15, -0.1) is 0 Å². The number of amides is 1. The number of nitrogens with one attached hydrogen (secondary N) is 1. The molecule has 0 aromatic heterocycles. The van der Waals surface area contributed by atoms with Crippen LogP contribution in [0.2, 0.25) is 0 Å². The predicted octanol–water partition coefficient (Wildman–Crippen LogP) is 4.98. The second-order valence-electron chi connectivity index (χ2n) is 8.80. The van der Waals surface area contributed by atoms with E-state index in [2.05, 4.69) is 32.2 Å². The number of hydrogen-bond donors (Lipinski definition) is 2. The monoisotopic (exact) mass is 390 g/mol.